The van der Waals surface area contributed by atoms with Crippen molar-refractivity contribution in [1.82, 2.24) is 19.6 Å². The van der Waals surface area contributed by atoms with Crippen molar-refractivity contribution in [2.45, 2.75) is 41.0 Å². The summed E-state index contributed by atoms with van der Waals surface area (Å²) >= 11 is 4.47. The largest absolute Gasteiger partial charge is 0.376 e. The lowest BCUT2D eigenvalue weighted by molar-refractivity contribution is 0.120. The van der Waals surface area contributed by atoms with Gasteiger partial charge in [-0.25, -0.2) is 4.98 Å². The maximum Gasteiger partial charge on any atom is 0.206 e. The van der Waals surface area contributed by atoms with Crippen LogP contribution in [-0.2, 0) is 11.2 Å². The van der Waals surface area contributed by atoms with E-state index in [0.717, 1.165) is 52.0 Å². The van der Waals surface area contributed by atoms with Gasteiger partial charge < -0.3 is 10.1 Å². The molecular weight excluding hydrogens is 314 g/mol. The first-order valence-electron chi connectivity index (χ1n) is 6.53. The fraction of sp³-hybridized carbons (Fsp3) is 0.636. The van der Waals surface area contributed by atoms with Crippen LogP contribution in [0.1, 0.15) is 25.6 Å². The zero-order valence-corrected chi connectivity index (χ0v) is 13.5. The number of aryl methyl sites for hydroxylation is 1. The summed E-state index contributed by atoms with van der Waals surface area (Å²) in [5.74, 6) is 0.888. The lowest BCUT2D eigenvalue weighted by Crippen LogP contribution is -2.18. The van der Waals surface area contributed by atoms with Crippen LogP contribution in [0.5, 0.6) is 0 Å². The molecule has 2 aromatic heterocycles. The molecule has 3 heterocycles. The van der Waals surface area contributed by atoms with Crippen molar-refractivity contribution in [2.24, 2.45) is 0 Å². The minimum atomic E-state index is 0.310. The Kier molecular flexibility index (Phi) is 4.81. The molecule has 0 amide bonds. The van der Waals surface area contributed by atoms with Crippen molar-refractivity contribution in [3.05, 3.63) is 5.82 Å². The SMILES string of the molecule is CCc1nsc(Sc2nnc(NCC3CCCO3)s2)n1. The Balaban J connectivity index is 1.53. The zero-order valence-electron chi connectivity index (χ0n) is 11.0. The second-order valence-electron chi connectivity index (χ2n) is 4.32. The van der Waals surface area contributed by atoms with Crippen molar-refractivity contribution >= 4 is 39.8 Å². The Bertz CT molecular complexity index is 552. The third-order valence-corrected chi connectivity index (χ3v) is 5.57. The summed E-state index contributed by atoms with van der Waals surface area (Å²) in [5.41, 5.74) is 0. The summed E-state index contributed by atoms with van der Waals surface area (Å²) < 4.78 is 11.6. The Morgan fingerprint density at radius 3 is 3.10 bits per heavy atom. The predicted octanol–water partition coefficient (Wildman–Crippen LogP) is 2.69. The molecule has 0 saturated carbocycles. The molecule has 1 atom stereocenters. The summed E-state index contributed by atoms with van der Waals surface area (Å²) in [4.78, 5) is 4.41. The van der Waals surface area contributed by atoms with Gasteiger partial charge in [0.25, 0.3) is 0 Å². The zero-order chi connectivity index (χ0) is 13.8. The van der Waals surface area contributed by atoms with Gasteiger partial charge >= 0.3 is 0 Å². The fourth-order valence-electron chi connectivity index (χ4n) is 1.83. The van der Waals surface area contributed by atoms with Gasteiger partial charge in [-0.3, -0.25) is 0 Å². The van der Waals surface area contributed by atoms with Gasteiger partial charge in [0.1, 0.15) is 5.82 Å². The highest BCUT2D eigenvalue weighted by Crippen LogP contribution is 2.32. The molecule has 1 unspecified atom stereocenters. The molecule has 0 spiro atoms. The molecule has 0 radical (unpaired) electrons. The molecule has 0 aromatic carbocycles. The average molecular weight is 329 g/mol. The Morgan fingerprint density at radius 2 is 2.35 bits per heavy atom. The number of nitrogens with zero attached hydrogens (tertiary/aromatic N) is 4. The smallest absolute Gasteiger partial charge is 0.206 e. The number of nitrogens with one attached hydrogen (secondary N) is 1. The molecule has 3 rings (SSSR count). The van der Waals surface area contributed by atoms with E-state index in [1.54, 1.807) is 11.3 Å². The van der Waals surface area contributed by atoms with Crippen LogP contribution < -0.4 is 5.32 Å². The molecule has 2 aromatic rings. The number of rotatable bonds is 6. The van der Waals surface area contributed by atoms with Gasteiger partial charge in [-0.2, -0.15) is 4.37 Å². The predicted molar refractivity (Wildman–Crippen MR) is 80.8 cm³/mol. The van der Waals surface area contributed by atoms with Gasteiger partial charge in [-0.05, 0) is 36.1 Å². The molecule has 6 nitrogen and oxygen atoms in total. The summed E-state index contributed by atoms with van der Waals surface area (Å²) in [7, 11) is 0. The lowest BCUT2D eigenvalue weighted by Gasteiger charge is -2.08. The van der Waals surface area contributed by atoms with E-state index in [1.807, 2.05) is 0 Å². The number of ether oxygens (including phenoxy) is 1. The molecule has 1 fully saturated rings. The van der Waals surface area contributed by atoms with Crippen LogP contribution in [0, 0.1) is 0 Å². The summed E-state index contributed by atoms with van der Waals surface area (Å²) in [6.07, 6.45) is 3.45. The summed E-state index contributed by atoms with van der Waals surface area (Å²) in [5, 5.41) is 12.4. The van der Waals surface area contributed by atoms with Gasteiger partial charge in [0.2, 0.25) is 5.13 Å². The first-order chi connectivity index (χ1) is 9.83. The van der Waals surface area contributed by atoms with Crippen molar-refractivity contribution in [3.8, 4) is 0 Å². The first-order valence-corrected chi connectivity index (χ1v) is 8.93. The van der Waals surface area contributed by atoms with E-state index in [2.05, 4.69) is 31.8 Å². The van der Waals surface area contributed by atoms with Crippen LogP contribution in [0.15, 0.2) is 8.68 Å². The molecule has 0 bridgehead atoms. The van der Waals surface area contributed by atoms with E-state index in [1.165, 1.54) is 23.3 Å². The van der Waals surface area contributed by atoms with Crippen LogP contribution in [0.25, 0.3) is 0 Å². The quantitative estimate of drug-likeness (QED) is 0.873. The van der Waals surface area contributed by atoms with E-state index < -0.39 is 0 Å². The van der Waals surface area contributed by atoms with Crippen molar-refractivity contribution in [1.29, 1.82) is 0 Å². The van der Waals surface area contributed by atoms with E-state index in [4.69, 9.17) is 4.74 Å². The van der Waals surface area contributed by atoms with Gasteiger partial charge in [-0.15, -0.1) is 10.2 Å². The van der Waals surface area contributed by atoms with Gasteiger partial charge in [0.15, 0.2) is 8.68 Å². The van der Waals surface area contributed by atoms with Crippen LogP contribution in [0.2, 0.25) is 0 Å². The van der Waals surface area contributed by atoms with Crippen molar-refractivity contribution in [3.63, 3.8) is 0 Å². The Morgan fingerprint density at radius 1 is 1.40 bits per heavy atom. The van der Waals surface area contributed by atoms with Gasteiger partial charge in [0.05, 0.1) is 6.10 Å². The molecule has 1 aliphatic heterocycles. The number of hydrogen-bond donors (Lipinski definition) is 1. The molecule has 0 aliphatic carbocycles. The monoisotopic (exact) mass is 329 g/mol. The fourth-order valence-corrected chi connectivity index (χ4v) is 4.49. The molecule has 20 heavy (non-hydrogen) atoms. The lowest BCUT2D eigenvalue weighted by atomic mass is 10.2. The Hall–Kier alpha value is -0.770. The number of aromatic nitrogens is 4. The van der Waals surface area contributed by atoms with Crippen LogP contribution in [0.3, 0.4) is 0 Å². The highest BCUT2D eigenvalue weighted by Gasteiger charge is 2.16. The van der Waals surface area contributed by atoms with Crippen molar-refractivity contribution in [2.75, 3.05) is 18.5 Å². The molecule has 1 saturated heterocycles. The van der Waals surface area contributed by atoms with E-state index in [-0.39, 0.29) is 0 Å². The highest BCUT2D eigenvalue weighted by atomic mass is 32.2. The minimum absolute atomic E-state index is 0.310. The maximum absolute atomic E-state index is 5.56. The molecule has 1 N–H and O–H groups in total. The molecule has 1 aliphatic rings. The molecule has 9 heteroatoms. The van der Waals surface area contributed by atoms with Crippen LogP contribution in [-0.4, -0.2) is 38.8 Å². The van der Waals surface area contributed by atoms with Gasteiger partial charge in [0, 0.05) is 19.6 Å². The second kappa shape index (κ2) is 6.79. The Labute approximate surface area is 129 Å². The van der Waals surface area contributed by atoms with E-state index in [9.17, 15) is 0 Å². The molecule has 108 valence electrons. The normalized spacial score (nSPS) is 18.6. The highest BCUT2D eigenvalue weighted by molar-refractivity contribution is 8.02. The van der Waals surface area contributed by atoms with Gasteiger partial charge in [-0.1, -0.05) is 18.3 Å². The first kappa shape index (κ1) is 14.2. The van der Waals surface area contributed by atoms with Crippen LogP contribution in [0.4, 0.5) is 5.13 Å². The van der Waals surface area contributed by atoms with E-state index >= 15 is 0 Å². The number of anilines is 1. The van der Waals surface area contributed by atoms with Crippen molar-refractivity contribution < 1.29 is 4.74 Å². The van der Waals surface area contributed by atoms with Crippen LogP contribution >= 0.6 is 34.6 Å². The topological polar surface area (TPSA) is 72.8 Å². The average Bonchev–Trinajstić information content (AvgIpc) is 3.19. The maximum atomic E-state index is 5.56. The second-order valence-corrected chi connectivity index (χ2v) is 7.54. The van der Waals surface area contributed by atoms with E-state index in [0.29, 0.717) is 6.10 Å². The third kappa shape index (κ3) is 3.66. The number of hydrogen-bond acceptors (Lipinski definition) is 9. The third-order valence-electron chi connectivity index (χ3n) is 2.85. The standard InChI is InChI=1S/C11H15N5OS3/c1-2-8-13-10(20-16-8)19-11-15-14-9(18-11)12-6-7-4-3-5-17-7/h7H,2-6H2,1H3,(H,12,14). The molecular formula is C11H15N5OS3. The summed E-state index contributed by atoms with van der Waals surface area (Å²) in [6.45, 7) is 3.73. The minimum Gasteiger partial charge on any atom is -0.376 e. The summed E-state index contributed by atoms with van der Waals surface area (Å²) in [6, 6.07) is 0.